The van der Waals surface area contributed by atoms with Crippen LogP contribution in [0.2, 0.25) is 0 Å². The van der Waals surface area contributed by atoms with Crippen LogP contribution in [-0.4, -0.2) is 63.0 Å². The van der Waals surface area contributed by atoms with Gasteiger partial charge in [-0.15, -0.1) is 20.4 Å². The van der Waals surface area contributed by atoms with E-state index in [1.54, 1.807) is 36.4 Å². The van der Waals surface area contributed by atoms with Gasteiger partial charge in [0.1, 0.15) is 11.5 Å². The quantitative estimate of drug-likeness (QED) is 0.208. The zero-order chi connectivity index (χ0) is 21.1. The molecule has 0 aliphatic heterocycles. The van der Waals surface area contributed by atoms with E-state index < -0.39 is 11.6 Å². The molecule has 4 aromatic rings. The number of nitrogens with zero attached hydrogens (tertiary/aromatic N) is 6. The van der Waals surface area contributed by atoms with Gasteiger partial charge in [-0.05, 0) is 27.3 Å². The standard InChI is InChI=1S/C18H12N8O4/c27-13(7-15(29)17-19-23-24-20-17)10-5-4-9-2-1-3-11(12(9)6-10)14(28)8-16(30)18-21-25-26-22-18/h1-8,27-28H,(H,19,20,23,24)(H,21,22,25,26)/b13-7-,14-8-. The number of aromatic nitrogens is 8. The molecule has 2 aromatic carbocycles. The van der Waals surface area contributed by atoms with Crippen LogP contribution in [0.25, 0.3) is 22.3 Å². The Balaban J connectivity index is 1.72. The van der Waals surface area contributed by atoms with Crippen LogP contribution in [0.1, 0.15) is 32.4 Å². The van der Waals surface area contributed by atoms with E-state index in [-0.39, 0.29) is 23.2 Å². The van der Waals surface area contributed by atoms with Crippen LogP contribution in [0.4, 0.5) is 0 Å². The van der Waals surface area contributed by atoms with Crippen LogP contribution in [0, 0.1) is 0 Å². The number of ketones is 2. The first-order chi connectivity index (χ1) is 14.5. The summed E-state index contributed by atoms with van der Waals surface area (Å²) in [6.45, 7) is 0. The maximum atomic E-state index is 12.1. The number of fused-ring (bicyclic) bond motifs is 1. The lowest BCUT2D eigenvalue weighted by Crippen LogP contribution is -2.00. The summed E-state index contributed by atoms with van der Waals surface area (Å²) >= 11 is 0. The number of aliphatic hydroxyl groups is 2. The number of H-pyrrole nitrogens is 2. The first-order valence-corrected chi connectivity index (χ1v) is 8.43. The van der Waals surface area contributed by atoms with E-state index in [1.807, 2.05) is 0 Å². The first-order valence-electron chi connectivity index (χ1n) is 8.43. The smallest absolute Gasteiger partial charge is 0.244 e. The van der Waals surface area contributed by atoms with Gasteiger partial charge in [0.2, 0.25) is 23.2 Å². The number of aliphatic hydroxyl groups excluding tert-OH is 2. The normalized spacial score (nSPS) is 12.3. The van der Waals surface area contributed by atoms with E-state index in [0.29, 0.717) is 16.5 Å². The summed E-state index contributed by atoms with van der Waals surface area (Å²) in [5.74, 6) is -2.30. The molecule has 0 saturated heterocycles. The van der Waals surface area contributed by atoms with Crippen LogP contribution < -0.4 is 0 Å². The lowest BCUT2D eigenvalue weighted by molar-refractivity contribution is 0.102. The SMILES string of the molecule is O=C(/C=C(\O)c1ccc2cccc(/C(O)=C/C(=O)c3nn[nH]n3)c2c1)c1nn[nH]n1. The highest BCUT2D eigenvalue weighted by molar-refractivity contribution is 6.07. The number of hydrogen-bond acceptors (Lipinski definition) is 10. The van der Waals surface area contributed by atoms with Crippen molar-refractivity contribution < 1.29 is 19.8 Å². The highest BCUT2D eigenvalue weighted by Gasteiger charge is 2.14. The van der Waals surface area contributed by atoms with Crippen molar-refractivity contribution >= 4 is 33.9 Å². The van der Waals surface area contributed by atoms with Gasteiger partial charge in [0.15, 0.2) is 0 Å². The molecule has 0 aliphatic rings. The number of allylic oxidation sites excluding steroid dienone is 2. The average molecular weight is 404 g/mol. The fraction of sp³-hybridized carbons (Fsp3) is 0. The second kappa shape index (κ2) is 7.71. The summed E-state index contributed by atoms with van der Waals surface area (Å²) in [4.78, 5) is 24.1. The largest absolute Gasteiger partial charge is 0.507 e. The second-order valence-corrected chi connectivity index (χ2v) is 6.00. The van der Waals surface area contributed by atoms with Crippen molar-refractivity contribution in [3.63, 3.8) is 0 Å². The summed E-state index contributed by atoms with van der Waals surface area (Å²) in [6, 6.07) is 9.98. The lowest BCUT2D eigenvalue weighted by atomic mass is 9.99. The van der Waals surface area contributed by atoms with Gasteiger partial charge in [0, 0.05) is 23.3 Å². The summed E-state index contributed by atoms with van der Waals surface area (Å²) in [7, 11) is 0. The number of tetrazole rings is 2. The molecule has 0 unspecified atom stereocenters. The molecule has 0 bridgehead atoms. The van der Waals surface area contributed by atoms with Crippen molar-refractivity contribution in [3.05, 3.63) is 71.3 Å². The van der Waals surface area contributed by atoms with Crippen LogP contribution in [0.3, 0.4) is 0 Å². The summed E-state index contributed by atoms with van der Waals surface area (Å²) < 4.78 is 0. The Bertz CT molecular complexity index is 1290. The number of nitrogens with one attached hydrogen (secondary N) is 2. The Morgan fingerprint density at radius 3 is 2.07 bits per heavy atom. The molecule has 12 nitrogen and oxygen atoms in total. The molecular formula is C18H12N8O4. The molecule has 0 spiro atoms. The topological polar surface area (TPSA) is 184 Å². The fourth-order valence-electron chi connectivity index (χ4n) is 2.73. The molecule has 0 fully saturated rings. The predicted molar refractivity (Wildman–Crippen MR) is 102 cm³/mol. The van der Waals surface area contributed by atoms with Crippen molar-refractivity contribution in [2.24, 2.45) is 0 Å². The maximum absolute atomic E-state index is 12.1. The minimum Gasteiger partial charge on any atom is -0.507 e. The van der Waals surface area contributed by atoms with Crippen molar-refractivity contribution in [3.8, 4) is 0 Å². The Kier molecular flexibility index (Phi) is 4.78. The fourth-order valence-corrected chi connectivity index (χ4v) is 2.73. The van der Waals surface area contributed by atoms with E-state index in [2.05, 4.69) is 41.2 Å². The number of aromatic amines is 2. The summed E-state index contributed by atoms with van der Waals surface area (Å²) in [5, 5.41) is 47.3. The minimum absolute atomic E-state index is 0.191. The number of carbonyl (C=O) groups excluding carboxylic acids is 2. The van der Waals surface area contributed by atoms with Crippen LogP contribution >= 0.6 is 0 Å². The third-order valence-electron chi connectivity index (χ3n) is 4.12. The number of hydrogen-bond donors (Lipinski definition) is 4. The minimum atomic E-state index is -0.636. The van der Waals surface area contributed by atoms with Crippen molar-refractivity contribution in [2.45, 2.75) is 0 Å². The summed E-state index contributed by atoms with van der Waals surface area (Å²) in [6.07, 6.45) is 1.94. The van der Waals surface area contributed by atoms with E-state index >= 15 is 0 Å². The molecule has 2 heterocycles. The van der Waals surface area contributed by atoms with Crippen molar-refractivity contribution in [1.29, 1.82) is 0 Å². The maximum Gasteiger partial charge on any atom is 0.244 e. The van der Waals surface area contributed by atoms with Gasteiger partial charge in [-0.1, -0.05) is 30.3 Å². The molecule has 0 radical (unpaired) electrons. The van der Waals surface area contributed by atoms with Gasteiger partial charge in [-0.2, -0.15) is 10.4 Å². The monoisotopic (exact) mass is 404 g/mol. The van der Waals surface area contributed by atoms with Gasteiger partial charge in [-0.3, -0.25) is 9.59 Å². The molecule has 0 saturated carbocycles. The van der Waals surface area contributed by atoms with Gasteiger partial charge in [0.05, 0.1) is 0 Å². The van der Waals surface area contributed by atoms with E-state index in [9.17, 15) is 19.8 Å². The van der Waals surface area contributed by atoms with Crippen molar-refractivity contribution in [2.75, 3.05) is 0 Å². The molecule has 2 aromatic heterocycles. The molecule has 4 N–H and O–H groups in total. The van der Waals surface area contributed by atoms with Crippen molar-refractivity contribution in [1.82, 2.24) is 41.2 Å². The van der Waals surface area contributed by atoms with Crippen LogP contribution in [0.15, 0.2) is 48.6 Å². The highest BCUT2D eigenvalue weighted by atomic mass is 16.3. The average Bonchev–Trinajstić information content (AvgIpc) is 3.47. The van der Waals surface area contributed by atoms with Crippen LogP contribution in [0.5, 0.6) is 0 Å². The van der Waals surface area contributed by atoms with E-state index in [1.165, 1.54) is 0 Å². The molecular weight excluding hydrogens is 392 g/mol. The Morgan fingerprint density at radius 1 is 0.833 bits per heavy atom. The molecule has 0 atom stereocenters. The zero-order valence-electron chi connectivity index (χ0n) is 15.0. The molecule has 30 heavy (non-hydrogen) atoms. The third kappa shape index (κ3) is 3.64. The van der Waals surface area contributed by atoms with Gasteiger partial charge >= 0.3 is 0 Å². The number of carbonyl (C=O) groups is 2. The molecule has 0 aliphatic carbocycles. The predicted octanol–water partition coefficient (Wildman–Crippen LogP) is 1.43. The Labute approximate surface area is 166 Å². The lowest BCUT2D eigenvalue weighted by Gasteiger charge is -2.08. The Hall–Kier alpha value is -4.74. The molecule has 12 heteroatoms. The highest BCUT2D eigenvalue weighted by Crippen LogP contribution is 2.27. The van der Waals surface area contributed by atoms with E-state index in [4.69, 9.17) is 0 Å². The summed E-state index contributed by atoms with van der Waals surface area (Å²) in [5.41, 5.74) is 0.646. The second-order valence-electron chi connectivity index (χ2n) is 6.00. The third-order valence-corrected chi connectivity index (χ3v) is 4.12. The zero-order valence-corrected chi connectivity index (χ0v) is 15.0. The first kappa shape index (κ1) is 18.6. The van der Waals surface area contributed by atoms with E-state index in [0.717, 1.165) is 17.5 Å². The Morgan fingerprint density at radius 2 is 1.47 bits per heavy atom. The van der Waals surface area contributed by atoms with Gasteiger partial charge in [-0.25, -0.2) is 0 Å². The number of rotatable bonds is 6. The number of benzene rings is 2. The van der Waals surface area contributed by atoms with Gasteiger partial charge < -0.3 is 10.2 Å². The van der Waals surface area contributed by atoms with Gasteiger partial charge in [0.25, 0.3) is 0 Å². The molecule has 4 rings (SSSR count). The van der Waals surface area contributed by atoms with Crippen LogP contribution in [-0.2, 0) is 0 Å². The molecule has 0 amide bonds. The molecule has 148 valence electrons.